The summed E-state index contributed by atoms with van der Waals surface area (Å²) in [6.07, 6.45) is 0. The topological polar surface area (TPSA) is 93.2 Å². The standard InChI is InChI=1S/C12H16N2O3S/c1-12(2,9-18(14,15)16)8-17-11-6-4-3-5-10(11)7-13/h3-6H,8-9H2,1-2H3,(H2,14,15,16). The van der Waals surface area contributed by atoms with Crippen LogP contribution in [-0.4, -0.2) is 20.8 Å². The van der Waals surface area contributed by atoms with E-state index in [4.69, 9.17) is 15.1 Å². The maximum Gasteiger partial charge on any atom is 0.209 e. The summed E-state index contributed by atoms with van der Waals surface area (Å²) in [6, 6.07) is 8.82. The fraction of sp³-hybridized carbons (Fsp3) is 0.417. The van der Waals surface area contributed by atoms with Crippen molar-refractivity contribution in [1.29, 1.82) is 5.26 Å². The van der Waals surface area contributed by atoms with Gasteiger partial charge in [-0.05, 0) is 12.1 Å². The molecule has 0 aromatic heterocycles. The first kappa shape index (κ1) is 14.5. The summed E-state index contributed by atoms with van der Waals surface area (Å²) in [7, 11) is -3.55. The third-order valence-electron chi connectivity index (χ3n) is 2.22. The Kier molecular flexibility index (Phi) is 4.33. The van der Waals surface area contributed by atoms with Crippen LogP contribution < -0.4 is 9.88 Å². The second-order valence-corrected chi connectivity index (χ2v) is 6.48. The molecule has 0 spiro atoms. The predicted molar refractivity (Wildman–Crippen MR) is 68.4 cm³/mol. The van der Waals surface area contributed by atoms with Gasteiger partial charge in [0.2, 0.25) is 10.0 Å². The Balaban J connectivity index is 2.74. The summed E-state index contributed by atoms with van der Waals surface area (Å²) in [6.45, 7) is 3.65. The Hall–Kier alpha value is -1.58. The molecule has 0 aliphatic carbocycles. The zero-order chi connectivity index (χ0) is 13.8. The third kappa shape index (κ3) is 4.73. The number of para-hydroxylation sites is 1. The van der Waals surface area contributed by atoms with Gasteiger partial charge in [0.25, 0.3) is 0 Å². The highest BCUT2D eigenvalue weighted by Crippen LogP contribution is 2.22. The molecule has 98 valence electrons. The Morgan fingerprint density at radius 1 is 1.39 bits per heavy atom. The lowest BCUT2D eigenvalue weighted by Crippen LogP contribution is -2.33. The van der Waals surface area contributed by atoms with Gasteiger partial charge in [0.05, 0.1) is 17.9 Å². The second kappa shape index (κ2) is 5.38. The normalized spacial score (nSPS) is 11.9. The van der Waals surface area contributed by atoms with Crippen LogP contribution in [0.2, 0.25) is 0 Å². The van der Waals surface area contributed by atoms with Gasteiger partial charge in [-0.15, -0.1) is 0 Å². The molecule has 1 aromatic rings. The van der Waals surface area contributed by atoms with E-state index in [0.29, 0.717) is 11.3 Å². The largest absolute Gasteiger partial charge is 0.492 e. The van der Waals surface area contributed by atoms with E-state index in [-0.39, 0.29) is 12.4 Å². The SMILES string of the molecule is CC(C)(COc1ccccc1C#N)CS(N)(=O)=O. The zero-order valence-corrected chi connectivity index (χ0v) is 11.2. The summed E-state index contributed by atoms with van der Waals surface area (Å²) < 4.78 is 27.6. The van der Waals surface area contributed by atoms with Crippen molar-refractivity contribution in [3.05, 3.63) is 29.8 Å². The summed E-state index contributed by atoms with van der Waals surface area (Å²) in [5, 5.41) is 13.9. The fourth-order valence-electron chi connectivity index (χ4n) is 1.54. The molecule has 1 rings (SSSR count). The molecule has 2 N–H and O–H groups in total. The molecule has 0 heterocycles. The van der Waals surface area contributed by atoms with Crippen LogP contribution in [0.1, 0.15) is 19.4 Å². The third-order valence-corrected chi connectivity index (χ3v) is 3.40. The highest BCUT2D eigenvalue weighted by atomic mass is 32.2. The van der Waals surface area contributed by atoms with Crippen molar-refractivity contribution < 1.29 is 13.2 Å². The number of benzene rings is 1. The molecule has 0 saturated carbocycles. The number of sulfonamides is 1. The number of nitrogens with zero attached hydrogens (tertiary/aromatic N) is 1. The van der Waals surface area contributed by atoms with Crippen LogP contribution >= 0.6 is 0 Å². The quantitative estimate of drug-likeness (QED) is 0.869. The van der Waals surface area contributed by atoms with Gasteiger partial charge in [-0.3, -0.25) is 0 Å². The zero-order valence-electron chi connectivity index (χ0n) is 10.4. The molecule has 1 aromatic carbocycles. The van der Waals surface area contributed by atoms with E-state index < -0.39 is 15.4 Å². The van der Waals surface area contributed by atoms with Crippen molar-refractivity contribution >= 4 is 10.0 Å². The minimum atomic E-state index is -3.55. The molecule has 0 radical (unpaired) electrons. The lowest BCUT2D eigenvalue weighted by Gasteiger charge is -2.23. The van der Waals surface area contributed by atoms with E-state index in [1.807, 2.05) is 6.07 Å². The number of rotatable bonds is 5. The van der Waals surface area contributed by atoms with E-state index in [1.54, 1.807) is 38.1 Å². The second-order valence-electron chi connectivity index (χ2n) is 4.87. The van der Waals surface area contributed by atoms with Crippen LogP contribution in [0.15, 0.2) is 24.3 Å². The van der Waals surface area contributed by atoms with Gasteiger partial charge in [0, 0.05) is 5.41 Å². The Morgan fingerprint density at radius 3 is 2.56 bits per heavy atom. The van der Waals surface area contributed by atoms with Crippen molar-refractivity contribution in [2.45, 2.75) is 13.8 Å². The molecular weight excluding hydrogens is 252 g/mol. The van der Waals surface area contributed by atoms with E-state index in [1.165, 1.54) is 0 Å². The van der Waals surface area contributed by atoms with Gasteiger partial charge < -0.3 is 4.74 Å². The molecule has 0 unspecified atom stereocenters. The highest BCUT2D eigenvalue weighted by Gasteiger charge is 2.25. The predicted octanol–water partition coefficient (Wildman–Crippen LogP) is 1.25. The number of ether oxygens (including phenoxy) is 1. The van der Waals surface area contributed by atoms with E-state index in [9.17, 15) is 8.42 Å². The van der Waals surface area contributed by atoms with Crippen molar-refractivity contribution in [3.8, 4) is 11.8 Å². The fourth-order valence-corrected chi connectivity index (χ4v) is 2.72. The summed E-state index contributed by atoms with van der Waals surface area (Å²) in [5.41, 5.74) is -0.195. The van der Waals surface area contributed by atoms with E-state index in [2.05, 4.69) is 0 Å². The van der Waals surface area contributed by atoms with Crippen molar-refractivity contribution in [2.24, 2.45) is 10.6 Å². The maximum atomic E-state index is 11.1. The van der Waals surface area contributed by atoms with Crippen LogP contribution in [0, 0.1) is 16.7 Å². The Bertz CT molecular complexity index is 559. The lowest BCUT2D eigenvalue weighted by molar-refractivity contribution is 0.199. The Labute approximate surface area is 107 Å². The minimum absolute atomic E-state index is 0.169. The average molecular weight is 268 g/mol. The molecule has 6 heteroatoms. The molecule has 0 atom stereocenters. The number of primary sulfonamides is 1. The van der Waals surface area contributed by atoms with Crippen molar-refractivity contribution in [1.82, 2.24) is 0 Å². The Morgan fingerprint density at radius 2 is 2.00 bits per heavy atom. The number of hydrogen-bond acceptors (Lipinski definition) is 4. The van der Waals surface area contributed by atoms with Gasteiger partial charge >= 0.3 is 0 Å². The monoisotopic (exact) mass is 268 g/mol. The van der Waals surface area contributed by atoms with Gasteiger partial charge in [-0.2, -0.15) is 5.26 Å². The summed E-state index contributed by atoms with van der Waals surface area (Å²) in [4.78, 5) is 0. The van der Waals surface area contributed by atoms with Gasteiger partial charge in [-0.1, -0.05) is 26.0 Å². The molecule has 0 aliphatic heterocycles. The highest BCUT2D eigenvalue weighted by molar-refractivity contribution is 7.89. The molecular formula is C12H16N2O3S. The van der Waals surface area contributed by atoms with Gasteiger partial charge in [-0.25, -0.2) is 13.6 Å². The van der Waals surface area contributed by atoms with Gasteiger partial charge in [0.15, 0.2) is 0 Å². The van der Waals surface area contributed by atoms with Crippen LogP contribution in [0.3, 0.4) is 0 Å². The number of nitriles is 1. The lowest BCUT2D eigenvalue weighted by atomic mass is 9.98. The maximum absolute atomic E-state index is 11.1. The smallest absolute Gasteiger partial charge is 0.209 e. The van der Waals surface area contributed by atoms with Crippen molar-refractivity contribution in [2.75, 3.05) is 12.4 Å². The molecule has 0 saturated heterocycles. The summed E-state index contributed by atoms with van der Waals surface area (Å²) >= 11 is 0. The average Bonchev–Trinajstić information content (AvgIpc) is 2.23. The summed E-state index contributed by atoms with van der Waals surface area (Å²) in [5.74, 6) is 0.275. The number of hydrogen-bond donors (Lipinski definition) is 1. The number of nitrogens with two attached hydrogens (primary N) is 1. The van der Waals surface area contributed by atoms with Crippen LogP contribution in [-0.2, 0) is 10.0 Å². The van der Waals surface area contributed by atoms with E-state index in [0.717, 1.165) is 0 Å². The first-order chi connectivity index (χ1) is 8.23. The molecule has 0 bridgehead atoms. The molecule has 5 nitrogen and oxygen atoms in total. The van der Waals surface area contributed by atoms with E-state index >= 15 is 0 Å². The van der Waals surface area contributed by atoms with Crippen molar-refractivity contribution in [3.63, 3.8) is 0 Å². The minimum Gasteiger partial charge on any atom is -0.492 e. The van der Waals surface area contributed by atoms with Crippen LogP contribution in [0.25, 0.3) is 0 Å². The molecule has 18 heavy (non-hydrogen) atoms. The van der Waals surface area contributed by atoms with Crippen LogP contribution in [0.4, 0.5) is 0 Å². The first-order valence-corrected chi connectivity index (χ1v) is 7.07. The molecule has 0 aliphatic rings. The first-order valence-electron chi connectivity index (χ1n) is 5.36. The molecule has 0 amide bonds. The molecule has 0 fully saturated rings. The van der Waals surface area contributed by atoms with Gasteiger partial charge in [0.1, 0.15) is 11.8 Å². The van der Waals surface area contributed by atoms with Crippen LogP contribution in [0.5, 0.6) is 5.75 Å².